The molecule has 13 heavy (non-hydrogen) atoms. The summed E-state index contributed by atoms with van der Waals surface area (Å²) in [6.45, 7) is 0. The molecule has 2 atom stereocenters. The molecule has 78 valence electrons. The Bertz CT molecular complexity index is 183. The van der Waals surface area contributed by atoms with Crippen LogP contribution in [0.15, 0.2) is 0 Å². The van der Waals surface area contributed by atoms with E-state index in [9.17, 15) is 18.0 Å². The van der Waals surface area contributed by atoms with Gasteiger partial charge in [0.2, 0.25) is 0 Å². The van der Waals surface area contributed by atoms with Gasteiger partial charge in [-0.25, -0.2) is 0 Å². The quantitative estimate of drug-likeness (QED) is 0.616. The number of rotatable bonds is 3. The van der Waals surface area contributed by atoms with Crippen LogP contribution in [-0.4, -0.2) is 31.3 Å². The van der Waals surface area contributed by atoms with Crippen molar-refractivity contribution in [3.8, 4) is 0 Å². The summed E-state index contributed by atoms with van der Waals surface area (Å²) in [5, 5.41) is 0. The molecule has 0 spiro atoms. The van der Waals surface area contributed by atoms with Crippen molar-refractivity contribution in [1.29, 1.82) is 0 Å². The SMILES string of the molecule is COC(=O)C(N)CC(N)C(F)(F)F. The molecule has 0 aromatic rings. The first kappa shape index (κ1) is 12.2. The van der Waals surface area contributed by atoms with Gasteiger partial charge in [0.15, 0.2) is 0 Å². The molecule has 4 nitrogen and oxygen atoms in total. The number of hydrogen-bond acceptors (Lipinski definition) is 4. The van der Waals surface area contributed by atoms with Crippen LogP contribution < -0.4 is 11.5 Å². The van der Waals surface area contributed by atoms with Gasteiger partial charge in [0.25, 0.3) is 0 Å². The van der Waals surface area contributed by atoms with Crippen molar-refractivity contribution in [3.63, 3.8) is 0 Å². The molecular formula is C6H11F3N2O2. The van der Waals surface area contributed by atoms with E-state index < -0.39 is 30.7 Å². The average Bonchev–Trinajstić information content (AvgIpc) is 2.01. The average molecular weight is 200 g/mol. The molecule has 0 saturated heterocycles. The van der Waals surface area contributed by atoms with Crippen molar-refractivity contribution < 1.29 is 22.7 Å². The number of ether oxygens (including phenoxy) is 1. The molecule has 0 aromatic carbocycles. The second-order valence-electron chi connectivity index (χ2n) is 2.51. The van der Waals surface area contributed by atoms with Crippen LogP contribution >= 0.6 is 0 Å². The van der Waals surface area contributed by atoms with Crippen molar-refractivity contribution in [2.75, 3.05) is 7.11 Å². The van der Waals surface area contributed by atoms with Crippen LogP contribution in [0.1, 0.15) is 6.42 Å². The summed E-state index contributed by atoms with van der Waals surface area (Å²) < 4.78 is 39.7. The molecule has 0 aliphatic rings. The number of esters is 1. The van der Waals surface area contributed by atoms with E-state index in [-0.39, 0.29) is 0 Å². The molecule has 0 aliphatic heterocycles. The minimum atomic E-state index is -4.54. The van der Waals surface area contributed by atoms with Crippen molar-refractivity contribution >= 4 is 5.97 Å². The summed E-state index contributed by atoms with van der Waals surface area (Å²) in [5.41, 5.74) is 9.80. The minimum absolute atomic E-state index is 0.670. The van der Waals surface area contributed by atoms with Gasteiger partial charge >= 0.3 is 12.1 Å². The lowest BCUT2D eigenvalue weighted by Gasteiger charge is -2.17. The van der Waals surface area contributed by atoms with Crippen molar-refractivity contribution in [2.24, 2.45) is 11.5 Å². The molecular weight excluding hydrogens is 189 g/mol. The third-order valence-electron chi connectivity index (χ3n) is 1.43. The molecule has 0 saturated carbocycles. The molecule has 0 rings (SSSR count). The van der Waals surface area contributed by atoms with Crippen LogP contribution in [-0.2, 0) is 9.53 Å². The molecule has 0 bridgehead atoms. The van der Waals surface area contributed by atoms with Crippen LogP contribution in [0.3, 0.4) is 0 Å². The molecule has 0 heterocycles. The zero-order chi connectivity index (χ0) is 10.6. The van der Waals surface area contributed by atoms with E-state index in [1.807, 2.05) is 0 Å². The van der Waals surface area contributed by atoms with Crippen LogP contribution in [0.25, 0.3) is 0 Å². The number of carbonyl (C=O) groups is 1. The van der Waals surface area contributed by atoms with Gasteiger partial charge in [-0.3, -0.25) is 4.79 Å². The first-order chi connectivity index (χ1) is 5.79. The Kier molecular flexibility index (Phi) is 4.15. The minimum Gasteiger partial charge on any atom is -0.468 e. The Hall–Kier alpha value is -0.820. The number of alkyl halides is 3. The standard InChI is InChI=1S/C6H11F3N2O2/c1-13-5(12)3(10)2-4(11)6(7,8)9/h3-4H,2,10-11H2,1H3. The third kappa shape index (κ3) is 4.09. The third-order valence-corrected chi connectivity index (χ3v) is 1.43. The first-order valence-corrected chi connectivity index (χ1v) is 3.44. The summed E-state index contributed by atoms with van der Waals surface area (Å²) in [7, 11) is 1.04. The fourth-order valence-corrected chi connectivity index (χ4v) is 0.655. The van der Waals surface area contributed by atoms with E-state index >= 15 is 0 Å². The molecule has 0 aliphatic carbocycles. The maximum atomic E-state index is 11.8. The van der Waals surface area contributed by atoms with Gasteiger partial charge in [-0.2, -0.15) is 13.2 Å². The normalized spacial score (nSPS) is 16.5. The second kappa shape index (κ2) is 4.43. The number of nitrogens with two attached hydrogens (primary N) is 2. The molecule has 0 amide bonds. The first-order valence-electron chi connectivity index (χ1n) is 3.44. The molecule has 0 fully saturated rings. The van der Waals surface area contributed by atoms with E-state index in [2.05, 4.69) is 4.74 Å². The molecule has 2 unspecified atom stereocenters. The van der Waals surface area contributed by atoms with Gasteiger partial charge in [0.05, 0.1) is 7.11 Å². The number of methoxy groups -OCH3 is 1. The van der Waals surface area contributed by atoms with E-state index in [0.29, 0.717) is 0 Å². The summed E-state index contributed by atoms with van der Waals surface area (Å²) in [4.78, 5) is 10.6. The van der Waals surface area contributed by atoms with Gasteiger partial charge < -0.3 is 16.2 Å². The van der Waals surface area contributed by atoms with Gasteiger partial charge in [-0.1, -0.05) is 0 Å². The monoisotopic (exact) mass is 200 g/mol. The molecule has 0 aromatic heterocycles. The smallest absolute Gasteiger partial charge is 0.403 e. The van der Waals surface area contributed by atoms with E-state index in [1.54, 1.807) is 0 Å². The van der Waals surface area contributed by atoms with Gasteiger partial charge in [0.1, 0.15) is 12.1 Å². The molecule has 7 heteroatoms. The fourth-order valence-electron chi connectivity index (χ4n) is 0.655. The topological polar surface area (TPSA) is 78.3 Å². The maximum Gasteiger partial charge on any atom is 0.403 e. The summed E-state index contributed by atoms with van der Waals surface area (Å²) in [6, 6.07) is -3.43. The second-order valence-corrected chi connectivity index (χ2v) is 2.51. The highest BCUT2D eigenvalue weighted by Gasteiger charge is 2.38. The van der Waals surface area contributed by atoms with Gasteiger partial charge in [-0.15, -0.1) is 0 Å². The summed E-state index contributed by atoms with van der Waals surface area (Å²) >= 11 is 0. The fraction of sp³-hybridized carbons (Fsp3) is 0.833. The van der Waals surface area contributed by atoms with Crippen LogP contribution in [0.4, 0.5) is 13.2 Å². The lowest BCUT2D eigenvalue weighted by Crippen LogP contribution is -2.45. The van der Waals surface area contributed by atoms with Crippen LogP contribution in [0.2, 0.25) is 0 Å². The zero-order valence-corrected chi connectivity index (χ0v) is 6.97. The molecule has 0 radical (unpaired) electrons. The van der Waals surface area contributed by atoms with E-state index in [1.165, 1.54) is 0 Å². The van der Waals surface area contributed by atoms with Crippen LogP contribution in [0, 0.1) is 0 Å². The number of carbonyl (C=O) groups excluding carboxylic acids is 1. The highest BCUT2D eigenvalue weighted by Crippen LogP contribution is 2.21. The summed E-state index contributed by atoms with van der Waals surface area (Å²) in [6.07, 6.45) is -5.21. The Balaban J connectivity index is 4.06. The van der Waals surface area contributed by atoms with E-state index in [0.717, 1.165) is 7.11 Å². The number of halogens is 3. The van der Waals surface area contributed by atoms with Gasteiger partial charge in [0, 0.05) is 0 Å². The Labute approximate surface area is 73.0 Å². The lowest BCUT2D eigenvalue weighted by molar-refractivity contribution is -0.154. The maximum absolute atomic E-state index is 11.8. The summed E-state index contributed by atoms with van der Waals surface area (Å²) in [5.74, 6) is -0.903. The Morgan fingerprint density at radius 3 is 2.23 bits per heavy atom. The lowest BCUT2D eigenvalue weighted by atomic mass is 10.1. The predicted octanol–water partition coefficient (Wildman–Crippen LogP) is -0.234. The zero-order valence-electron chi connectivity index (χ0n) is 6.97. The molecule has 4 N–H and O–H groups in total. The van der Waals surface area contributed by atoms with Crippen molar-refractivity contribution in [3.05, 3.63) is 0 Å². The van der Waals surface area contributed by atoms with E-state index in [4.69, 9.17) is 11.5 Å². The Morgan fingerprint density at radius 2 is 1.92 bits per heavy atom. The highest BCUT2D eigenvalue weighted by atomic mass is 19.4. The van der Waals surface area contributed by atoms with Gasteiger partial charge in [-0.05, 0) is 6.42 Å². The van der Waals surface area contributed by atoms with Crippen molar-refractivity contribution in [2.45, 2.75) is 24.7 Å². The highest BCUT2D eigenvalue weighted by molar-refractivity contribution is 5.75. The Morgan fingerprint density at radius 1 is 1.46 bits per heavy atom. The predicted molar refractivity (Wildman–Crippen MR) is 38.6 cm³/mol. The largest absolute Gasteiger partial charge is 0.468 e. The van der Waals surface area contributed by atoms with Crippen molar-refractivity contribution in [1.82, 2.24) is 0 Å². The number of hydrogen-bond donors (Lipinski definition) is 2. The van der Waals surface area contributed by atoms with Crippen LogP contribution in [0.5, 0.6) is 0 Å².